The molecule has 30 heavy (non-hydrogen) atoms. The Morgan fingerprint density at radius 3 is 2.57 bits per heavy atom. The van der Waals surface area contributed by atoms with Crippen molar-refractivity contribution in [3.63, 3.8) is 0 Å². The minimum absolute atomic E-state index is 0.253. The number of fused-ring (bicyclic) bond motifs is 1. The van der Waals surface area contributed by atoms with Crippen LogP contribution in [-0.2, 0) is 14.3 Å². The predicted octanol–water partition coefficient (Wildman–Crippen LogP) is 4.28. The molecule has 1 N–H and O–H groups in total. The maximum atomic E-state index is 12.0. The number of anilines is 1. The van der Waals surface area contributed by atoms with Crippen LogP contribution in [0.1, 0.15) is 11.1 Å². The van der Waals surface area contributed by atoms with E-state index in [1.165, 1.54) is 12.1 Å². The number of aryl methyl sites for hydroxylation is 2. The molecule has 1 heterocycles. The van der Waals surface area contributed by atoms with E-state index >= 15 is 0 Å². The smallest absolute Gasteiger partial charge is 0.344 e. The highest BCUT2D eigenvalue weighted by molar-refractivity contribution is 6.40. The summed E-state index contributed by atoms with van der Waals surface area (Å²) in [6.45, 7) is 2.60. The number of benzene rings is 2. The number of halogens is 2. The van der Waals surface area contributed by atoms with E-state index in [-0.39, 0.29) is 10.7 Å². The summed E-state index contributed by atoms with van der Waals surface area (Å²) in [6.07, 6.45) is 0. The van der Waals surface area contributed by atoms with Crippen molar-refractivity contribution < 1.29 is 23.5 Å². The topological polar surface area (TPSA) is 94.8 Å². The van der Waals surface area contributed by atoms with Crippen LogP contribution in [0.15, 0.2) is 45.6 Å². The Bertz CT molecular complexity index is 1190. The van der Waals surface area contributed by atoms with Crippen molar-refractivity contribution in [1.82, 2.24) is 0 Å². The number of hydrogen-bond acceptors (Lipinski definition) is 6. The Balaban J connectivity index is 1.54. The molecule has 0 aliphatic carbocycles. The van der Waals surface area contributed by atoms with Gasteiger partial charge in [-0.3, -0.25) is 4.79 Å². The van der Waals surface area contributed by atoms with E-state index < -0.39 is 30.7 Å². The molecule has 1 amide bonds. The molecule has 3 aromatic rings. The fourth-order valence-electron chi connectivity index (χ4n) is 2.67. The molecule has 0 saturated carbocycles. The molecular weight excluding hydrogens is 433 g/mol. The molecule has 9 heteroatoms. The SMILES string of the molecule is Cc1ccc(Cl)c(NC(=O)COC(=O)COc2ccc3c(C)cc(=O)oc3c2)c1Cl. The van der Waals surface area contributed by atoms with Crippen LogP contribution in [0.5, 0.6) is 5.75 Å². The first kappa shape index (κ1) is 21.7. The van der Waals surface area contributed by atoms with E-state index in [1.54, 1.807) is 38.1 Å². The van der Waals surface area contributed by atoms with Gasteiger partial charge in [-0.25, -0.2) is 9.59 Å². The zero-order valence-corrected chi connectivity index (χ0v) is 17.6. The monoisotopic (exact) mass is 449 g/mol. The molecule has 0 bridgehead atoms. The predicted molar refractivity (Wildman–Crippen MR) is 114 cm³/mol. The number of esters is 1. The molecule has 0 aliphatic rings. The number of hydrogen-bond donors (Lipinski definition) is 1. The van der Waals surface area contributed by atoms with Crippen molar-refractivity contribution in [2.24, 2.45) is 0 Å². The zero-order valence-electron chi connectivity index (χ0n) is 16.1. The molecule has 0 fully saturated rings. The minimum Gasteiger partial charge on any atom is -0.482 e. The van der Waals surface area contributed by atoms with Crippen LogP contribution in [0, 0.1) is 13.8 Å². The molecule has 1 aromatic heterocycles. The fourth-order valence-corrected chi connectivity index (χ4v) is 3.14. The highest BCUT2D eigenvalue weighted by Crippen LogP contribution is 2.32. The molecule has 0 spiro atoms. The highest BCUT2D eigenvalue weighted by Gasteiger charge is 2.14. The number of amides is 1. The van der Waals surface area contributed by atoms with Gasteiger partial charge in [-0.2, -0.15) is 0 Å². The number of carbonyl (C=O) groups excluding carboxylic acids is 2. The summed E-state index contributed by atoms with van der Waals surface area (Å²) in [5.41, 5.74) is 1.63. The van der Waals surface area contributed by atoms with Crippen LogP contribution in [0.4, 0.5) is 5.69 Å². The summed E-state index contributed by atoms with van der Waals surface area (Å²) >= 11 is 12.2. The van der Waals surface area contributed by atoms with E-state index in [0.717, 1.165) is 16.5 Å². The quantitative estimate of drug-likeness (QED) is 0.445. The van der Waals surface area contributed by atoms with Crippen molar-refractivity contribution in [3.05, 3.63) is 68.0 Å². The van der Waals surface area contributed by atoms with Gasteiger partial charge in [0.05, 0.1) is 15.7 Å². The lowest BCUT2D eigenvalue weighted by Crippen LogP contribution is -2.24. The number of carbonyl (C=O) groups is 2. The molecule has 0 atom stereocenters. The van der Waals surface area contributed by atoms with Gasteiger partial charge in [-0.15, -0.1) is 0 Å². The van der Waals surface area contributed by atoms with E-state index in [2.05, 4.69) is 5.32 Å². The van der Waals surface area contributed by atoms with Gasteiger partial charge >= 0.3 is 11.6 Å². The van der Waals surface area contributed by atoms with Gasteiger partial charge in [0.2, 0.25) is 0 Å². The number of nitrogens with one attached hydrogen (secondary N) is 1. The third-order valence-electron chi connectivity index (χ3n) is 4.19. The Kier molecular flexibility index (Phi) is 6.64. The second kappa shape index (κ2) is 9.19. The summed E-state index contributed by atoms with van der Waals surface area (Å²) in [5, 5.41) is 3.85. The normalized spacial score (nSPS) is 10.7. The molecule has 156 valence electrons. The Labute approximate surface area is 181 Å². The summed E-state index contributed by atoms with van der Waals surface area (Å²) < 4.78 is 15.4. The molecule has 0 radical (unpaired) electrons. The van der Waals surface area contributed by atoms with Gasteiger partial charge in [0.15, 0.2) is 13.2 Å². The molecule has 0 saturated heterocycles. The average Bonchev–Trinajstić information content (AvgIpc) is 2.70. The molecule has 0 unspecified atom stereocenters. The summed E-state index contributed by atoms with van der Waals surface area (Å²) in [6, 6.07) is 9.57. The minimum atomic E-state index is -0.752. The maximum absolute atomic E-state index is 12.0. The van der Waals surface area contributed by atoms with Gasteiger partial charge in [0.25, 0.3) is 5.91 Å². The largest absolute Gasteiger partial charge is 0.482 e. The van der Waals surface area contributed by atoms with Crippen molar-refractivity contribution in [2.45, 2.75) is 13.8 Å². The van der Waals surface area contributed by atoms with E-state index in [1.807, 2.05) is 0 Å². The first-order valence-electron chi connectivity index (χ1n) is 8.82. The number of rotatable bonds is 6. The van der Waals surface area contributed by atoms with Crippen LogP contribution in [0.3, 0.4) is 0 Å². The zero-order chi connectivity index (χ0) is 21.8. The molecule has 3 rings (SSSR count). The van der Waals surface area contributed by atoms with Gasteiger partial charge in [0, 0.05) is 17.5 Å². The van der Waals surface area contributed by atoms with Crippen LogP contribution in [0.2, 0.25) is 10.0 Å². The van der Waals surface area contributed by atoms with Crippen molar-refractivity contribution in [3.8, 4) is 5.75 Å². The number of ether oxygens (including phenoxy) is 2. The van der Waals surface area contributed by atoms with Gasteiger partial charge < -0.3 is 19.2 Å². The Morgan fingerprint density at radius 1 is 1.03 bits per heavy atom. The van der Waals surface area contributed by atoms with Crippen molar-refractivity contribution >= 4 is 51.7 Å². The fraction of sp³-hybridized carbons (Fsp3) is 0.190. The summed E-state index contributed by atoms with van der Waals surface area (Å²) in [7, 11) is 0. The van der Waals surface area contributed by atoms with Crippen LogP contribution in [-0.4, -0.2) is 25.1 Å². The standard InChI is InChI=1S/C21H17Cl2NO6/c1-11-3-6-15(22)21(20(11)23)24-17(25)9-29-19(27)10-28-13-4-5-14-12(2)7-18(26)30-16(14)8-13/h3-8H,9-10H2,1-2H3,(H,24,25). The maximum Gasteiger partial charge on any atom is 0.344 e. The van der Waals surface area contributed by atoms with E-state index in [9.17, 15) is 14.4 Å². The van der Waals surface area contributed by atoms with E-state index in [4.69, 9.17) is 37.1 Å². The molecule has 0 aliphatic heterocycles. The third kappa shape index (κ3) is 5.11. The third-order valence-corrected chi connectivity index (χ3v) is 4.99. The van der Waals surface area contributed by atoms with E-state index in [0.29, 0.717) is 16.4 Å². The van der Waals surface area contributed by atoms with Crippen LogP contribution >= 0.6 is 23.2 Å². The average molecular weight is 450 g/mol. The summed E-state index contributed by atoms with van der Waals surface area (Å²) in [5.74, 6) is -1.03. The second-order valence-electron chi connectivity index (χ2n) is 6.46. The lowest BCUT2D eigenvalue weighted by molar-refractivity contribution is -0.149. The lowest BCUT2D eigenvalue weighted by atomic mass is 10.1. The summed E-state index contributed by atoms with van der Waals surface area (Å²) in [4.78, 5) is 35.4. The Morgan fingerprint density at radius 2 is 1.80 bits per heavy atom. The first-order chi connectivity index (χ1) is 14.2. The molecular formula is C21H17Cl2NO6. The second-order valence-corrected chi connectivity index (χ2v) is 7.24. The van der Waals surface area contributed by atoms with Crippen molar-refractivity contribution in [1.29, 1.82) is 0 Å². The van der Waals surface area contributed by atoms with Crippen molar-refractivity contribution in [2.75, 3.05) is 18.5 Å². The lowest BCUT2D eigenvalue weighted by Gasteiger charge is -2.11. The molecule has 7 nitrogen and oxygen atoms in total. The van der Waals surface area contributed by atoms with Gasteiger partial charge in [-0.05, 0) is 43.2 Å². The van der Waals surface area contributed by atoms with Crippen LogP contribution < -0.4 is 15.7 Å². The Hall–Kier alpha value is -3.03. The molecule has 2 aromatic carbocycles. The highest BCUT2D eigenvalue weighted by atomic mass is 35.5. The van der Waals surface area contributed by atoms with Gasteiger partial charge in [0.1, 0.15) is 11.3 Å². The van der Waals surface area contributed by atoms with Gasteiger partial charge in [-0.1, -0.05) is 29.3 Å². The first-order valence-corrected chi connectivity index (χ1v) is 9.57. The van der Waals surface area contributed by atoms with Crippen LogP contribution in [0.25, 0.3) is 11.0 Å².